The topological polar surface area (TPSA) is 98.5 Å². The average molecular weight is 370 g/mol. The Morgan fingerprint density at radius 1 is 1.19 bits per heavy atom. The maximum atomic E-state index is 12.1. The molecule has 8 heteroatoms. The third-order valence-electron chi connectivity index (χ3n) is 3.66. The van der Waals surface area contributed by atoms with E-state index in [0.29, 0.717) is 16.1 Å². The highest BCUT2D eigenvalue weighted by atomic mass is 32.1. The van der Waals surface area contributed by atoms with Crippen molar-refractivity contribution in [1.29, 1.82) is 0 Å². The van der Waals surface area contributed by atoms with E-state index in [9.17, 15) is 19.7 Å². The van der Waals surface area contributed by atoms with Crippen LogP contribution in [0.2, 0.25) is 0 Å². The molecule has 0 fully saturated rings. The van der Waals surface area contributed by atoms with Gasteiger partial charge in [0.05, 0.1) is 4.92 Å². The second kappa shape index (κ2) is 7.32. The third-order valence-corrected chi connectivity index (χ3v) is 4.75. The maximum Gasteiger partial charge on any atom is 0.348 e. The summed E-state index contributed by atoms with van der Waals surface area (Å²) in [6, 6.07) is 13.4. The number of non-ortho nitro benzene ring substituents is 1. The van der Waals surface area contributed by atoms with Crippen LogP contribution in [0.5, 0.6) is 0 Å². The molecule has 0 bridgehead atoms. The first-order valence-electron chi connectivity index (χ1n) is 7.64. The van der Waals surface area contributed by atoms with Crippen LogP contribution in [0.4, 0.5) is 11.4 Å². The molecular formula is C18H14N2O5S. The van der Waals surface area contributed by atoms with Crippen LogP contribution in [0.3, 0.4) is 0 Å². The minimum atomic E-state index is -0.568. The summed E-state index contributed by atoms with van der Waals surface area (Å²) in [6.07, 6.45) is 0. The van der Waals surface area contributed by atoms with Gasteiger partial charge in [-0.3, -0.25) is 14.9 Å². The Morgan fingerprint density at radius 3 is 2.65 bits per heavy atom. The zero-order valence-electron chi connectivity index (χ0n) is 13.7. The predicted molar refractivity (Wildman–Crippen MR) is 98.6 cm³/mol. The van der Waals surface area contributed by atoms with Crippen LogP contribution in [0.1, 0.15) is 15.2 Å². The van der Waals surface area contributed by atoms with Crippen molar-refractivity contribution in [3.8, 4) is 0 Å². The first-order valence-corrected chi connectivity index (χ1v) is 8.46. The fourth-order valence-corrected chi connectivity index (χ4v) is 3.33. The number of rotatable bonds is 5. The van der Waals surface area contributed by atoms with Crippen molar-refractivity contribution < 1.29 is 19.2 Å². The lowest BCUT2D eigenvalue weighted by Crippen LogP contribution is -2.21. The molecule has 0 aliphatic rings. The number of carbonyl (C=O) groups is 2. The van der Waals surface area contributed by atoms with Crippen LogP contribution in [0, 0.1) is 17.0 Å². The van der Waals surface area contributed by atoms with Crippen molar-refractivity contribution in [3.05, 3.63) is 69.1 Å². The summed E-state index contributed by atoms with van der Waals surface area (Å²) in [4.78, 5) is 34.7. The number of nitrogens with one attached hydrogen (secondary N) is 1. The van der Waals surface area contributed by atoms with Gasteiger partial charge < -0.3 is 10.1 Å². The molecule has 0 saturated heterocycles. The molecule has 7 nitrogen and oxygen atoms in total. The minimum Gasteiger partial charge on any atom is -0.451 e. The molecule has 0 radical (unpaired) electrons. The zero-order chi connectivity index (χ0) is 18.7. The van der Waals surface area contributed by atoms with Crippen LogP contribution >= 0.6 is 11.3 Å². The number of nitro groups is 1. The van der Waals surface area contributed by atoms with Gasteiger partial charge in [-0.25, -0.2) is 4.79 Å². The highest BCUT2D eigenvalue weighted by Gasteiger charge is 2.15. The fourth-order valence-electron chi connectivity index (χ4n) is 2.37. The van der Waals surface area contributed by atoms with Gasteiger partial charge in [0.15, 0.2) is 6.61 Å². The number of carbonyl (C=O) groups excluding carboxylic acids is 2. The summed E-state index contributed by atoms with van der Waals surface area (Å²) >= 11 is 1.30. The maximum absolute atomic E-state index is 12.1. The smallest absolute Gasteiger partial charge is 0.348 e. The number of hydrogen-bond donors (Lipinski definition) is 1. The molecule has 0 saturated carbocycles. The van der Waals surface area contributed by atoms with Gasteiger partial charge in [0, 0.05) is 22.5 Å². The van der Waals surface area contributed by atoms with E-state index < -0.39 is 23.4 Å². The number of aryl methyl sites for hydroxylation is 1. The van der Waals surface area contributed by atoms with Crippen molar-refractivity contribution in [3.63, 3.8) is 0 Å². The first kappa shape index (κ1) is 17.6. The Balaban J connectivity index is 1.60. The quantitative estimate of drug-likeness (QED) is 0.417. The van der Waals surface area contributed by atoms with Crippen LogP contribution in [0.25, 0.3) is 10.1 Å². The van der Waals surface area contributed by atoms with Crippen molar-refractivity contribution in [2.24, 2.45) is 0 Å². The van der Waals surface area contributed by atoms with Gasteiger partial charge in [0.2, 0.25) is 0 Å². The van der Waals surface area contributed by atoms with Crippen molar-refractivity contribution in [2.75, 3.05) is 11.9 Å². The van der Waals surface area contributed by atoms with E-state index in [0.717, 1.165) is 10.1 Å². The van der Waals surface area contributed by atoms with Gasteiger partial charge >= 0.3 is 5.97 Å². The van der Waals surface area contributed by atoms with Gasteiger partial charge in [0.1, 0.15) is 4.88 Å². The monoisotopic (exact) mass is 370 g/mol. The fraction of sp³-hybridized carbons (Fsp3) is 0.111. The summed E-state index contributed by atoms with van der Waals surface area (Å²) < 4.78 is 6.01. The van der Waals surface area contributed by atoms with E-state index in [1.165, 1.54) is 29.5 Å². The summed E-state index contributed by atoms with van der Waals surface area (Å²) in [5, 5.41) is 14.2. The molecule has 1 aromatic heterocycles. The summed E-state index contributed by atoms with van der Waals surface area (Å²) in [7, 11) is 0. The number of anilines is 1. The first-order chi connectivity index (χ1) is 12.4. The Morgan fingerprint density at radius 2 is 1.96 bits per heavy atom. The van der Waals surface area contributed by atoms with Crippen LogP contribution in [-0.2, 0) is 9.53 Å². The van der Waals surface area contributed by atoms with E-state index in [-0.39, 0.29) is 5.69 Å². The summed E-state index contributed by atoms with van der Waals surface area (Å²) in [5.74, 6) is -1.09. The molecule has 1 N–H and O–H groups in total. The second-order valence-corrected chi connectivity index (χ2v) is 6.61. The summed E-state index contributed by atoms with van der Waals surface area (Å²) in [5.41, 5.74) is 0.915. The molecular weight excluding hydrogens is 356 g/mol. The molecule has 26 heavy (non-hydrogen) atoms. The van der Waals surface area contributed by atoms with E-state index in [1.54, 1.807) is 13.0 Å². The van der Waals surface area contributed by atoms with Crippen molar-refractivity contribution in [1.82, 2.24) is 0 Å². The molecule has 2 aromatic carbocycles. The molecule has 1 amide bonds. The number of nitro benzene ring substituents is 1. The number of nitrogens with zero attached hydrogens (tertiary/aromatic N) is 1. The zero-order valence-corrected chi connectivity index (χ0v) is 14.5. The Labute approximate surface area is 152 Å². The lowest BCUT2D eigenvalue weighted by molar-refractivity contribution is -0.384. The minimum absolute atomic E-state index is 0.0586. The predicted octanol–water partition coefficient (Wildman–Crippen LogP) is 3.91. The number of benzene rings is 2. The highest BCUT2D eigenvalue weighted by molar-refractivity contribution is 7.20. The third kappa shape index (κ3) is 3.86. The average Bonchev–Trinajstić information content (AvgIpc) is 3.05. The van der Waals surface area contributed by atoms with Gasteiger partial charge in [-0.2, -0.15) is 0 Å². The Hall–Kier alpha value is -3.26. The highest BCUT2D eigenvalue weighted by Crippen LogP contribution is 2.26. The van der Waals surface area contributed by atoms with Crippen LogP contribution < -0.4 is 5.32 Å². The second-order valence-electron chi connectivity index (χ2n) is 5.53. The molecule has 0 aliphatic heterocycles. The Bertz CT molecular complexity index is 979. The van der Waals surface area contributed by atoms with E-state index in [4.69, 9.17) is 4.74 Å². The molecule has 3 rings (SSSR count). The number of thiophene rings is 1. The molecule has 3 aromatic rings. The van der Waals surface area contributed by atoms with Crippen molar-refractivity contribution >= 4 is 44.7 Å². The largest absolute Gasteiger partial charge is 0.451 e. The molecule has 132 valence electrons. The molecule has 0 aliphatic carbocycles. The van der Waals surface area contributed by atoms with Crippen LogP contribution in [-0.4, -0.2) is 23.4 Å². The molecule has 1 heterocycles. The lowest BCUT2D eigenvalue weighted by Gasteiger charge is -2.08. The van der Waals surface area contributed by atoms with Crippen LogP contribution in [0.15, 0.2) is 48.5 Å². The number of amides is 1. The Kier molecular flexibility index (Phi) is 4.94. The van der Waals surface area contributed by atoms with E-state index in [2.05, 4.69) is 5.32 Å². The van der Waals surface area contributed by atoms with E-state index >= 15 is 0 Å². The van der Waals surface area contributed by atoms with Gasteiger partial charge in [-0.15, -0.1) is 11.3 Å². The standard InChI is InChI=1S/C18H14N2O5S/c1-11-8-13(20(23)24)6-7-14(11)19-17(21)10-25-18(22)16-9-12-4-2-3-5-15(12)26-16/h2-9H,10H2,1H3,(H,19,21). The van der Waals surface area contributed by atoms with E-state index in [1.807, 2.05) is 24.3 Å². The normalized spacial score (nSPS) is 10.5. The summed E-state index contributed by atoms with van der Waals surface area (Å²) in [6.45, 7) is 1.20. The number of ether oxygens (including phenoxy) is 1. The lowest BCUT2D eigenvalue weighted by atomic mass is 10.2. The number of esters is 1. The SMILES string of the molecule is Cc1cc([N+](=O)[O-])ccc1NC(=O)COC(=O)c1cc2ccccc2s1. The number of hydrogen-bond acceptors (Lipinski definition) is 6. The van der Waals surface area contributed by atoms with Gasteiger partial charge in [0.25, 0.3) is 11.6 Å². The molecule has 0 atom stereocenters. The van der Waals surface area contributed by atoms with Gasteiger partial charge in [-0.1, -0.05) is 18.2 Å². The molecule has 0 spiro atoms. The molecule has 0 unspecified atom stereocenters. The van der Waals surface area contributed by atoms with Crippen molar-refractivity contribution in [2.45, 2.75) is 6.92 Å². The number of fused-ring (bicyclic) bond motifs is 1. The van der Waals surface area contributed by atoms with Gasteiger partial charge in [-0.05, 0) is 36.1 Å².